The molecule has 1 aliphatic rings. The molecule has 6 atom stereocenters. The standard InChI is InChI=1S/C63H108O9/c1-3-5-7-9-11-13-15-17-19-21-23-25-27-29-30-32-34-36-38-40-42-44-46-48-50-52-59(65)71-57(56-70-63-62(68)61(67)60(66)58(54-64)72-63)55-69-53-51-49-47-45-43-41-39-37-35-33-31-28-26-24-22-20-18-16-14-12-10-8-6-4-2/h6,8,12,14,18,20-21,23-24,26,31,33,37,39,43,45,57-58,60-64,66-68H,3-5,7,9-11,13,15-17,19,22,25,27-30,32,34-36,38,40-42,44,46-56H2,1-2H3/b8-6-,14-12-,20-18-,23-21-,26-24-,33-31-,39-37-,45-43-. The Balaban J connectivity index is 2.20. The topological polar surface area (TPSA) is 135 Å². The minimum absolute atomic E-state index is 0.110. The highest BCUT2D eigenvalue weighted by Gasteiger charge is 2.44. The third-order valence-electron chi connectivity index (χ3n) is 13.0. The van der Waals surface area contributed by atoms with Gasteiger partial charge in [-0.05, 0) is 96.3 Å². The van der Waals surface area contributed by atoms with Crippen molar-refractivity contribution in [3.8, 4) is 0 Å². The second kappa shape index (κ2) is 53.0. The van der Waals surface area contributed by atoms with Gasteiger partial charge in [0.2, 0.25) is 0 Å². The fraction of sp³-hybridized carbons (Fsp3) is 0.730. The summed E-state index contributed by atoms with van der Waals surface area (Å²) in [4.78, 5) is 12.9. The molecule has 0 aromatic carbocycles. The van der Waals surface area contributed by atoms with Gasteiger partial charge in [0.1, 0.15) is 30.5 Å². The molecule has 9 nitrogen and oxygen atoms in total. The Morgan fingerprint density at radius 1 is 0.458 bits per heavy atom. The molecule has 0 aromatic heterocycles. The Bertz CT molecular complexity index is 1430. The number of carbonyl (C=O) groups excluding carboxylic acids is 1. The summed E-state index contributed by atoms with van der Waals surface area (Å²) in [7, 11) is 0. The first-order valence-electron chi connectivity index (χ1n) is 29.3. The smallest absolute Gasteiger partial charge is 0.306 e. The van der Waals surface area contributed by atoms with E-state index in [1.165, 1.54) is 128 Å². The van der Waals surface area contributed by atoms with Crippen molar-refractivity contribution in [2.24, 2.45) is 0 Å². The molecular weight excluding hydrogens is 901 g/mol. The van der Waals surface area contributed by atoms with E-state index in [1.54, 1.807) is 0 Å². The summed E-state index contributed by atoms with van der Waals surface area (Å²) < 4.78 is 22.9. The number of ether oxygens (including phenoxy) is 4. The highest BCUT2D eigenvalue weighted by Crippen LogP contribution is 2.23. The van der Waals surface area contributed by atoms with Gasteiger partial charge < -0.3 is 39.4 Å². The number of esters is 1. The molecule has 414 valence electrons. The molecule has 1 fully saturated rings. The number of aliphatic hydroxyl groups is 4. The number of unbranched alkanes of at least 4 members (excludes halogenated alkanes) is 23. The number of carbonyl (C=O) groups is 1. The number of aliphatic hydroxyl groups excluding tert-OH is 4. The zero-order valence-electron chi connectivity index (χ0n) is 45.9. The molecule has 9 heteroatoms. The number of hydrogen-bond acceptors (Lipinski definition) is 9. The van der Waals surface area contributed by atoms with Crippen LogP contribution in [0.1, 0.15) is 232 Å². The van der Waals surface area contributed by atoms with Gasteiger partial charge in [-0.3, -0.25) is 4.79 Å². The van der Waals surface area contributed by atoms with E-state index in [2.05, 4.69) is 111 Å². The van der Waals surface area contributed by atoms with Crippen LogP contribution >= 0.6 is 0 Å². The summed E-state index contributed by atoms with van der Waals surface area (Å²) in [5.74, 6) is -0.330. The van der Waals surface area contributed by atoms with Gasteiger partial charge in [-0.2, -0.15) is 0 Å². The first kappa shape index (κ1) is 67.1. The zero-order chi connectivity index (χ0) is 52.1. The molecule has 6 unspecified atom stereocenters. The van der Waals surface area contributed by atoms with Gasteiger partial charge in [0.25, 0.3) is 0 Å². The third-order valence-corrected chi connectivity index (χ3v) is 13.0. The number of hydrogen-bond donors (Lipinski definition) is 4. The lowest BCUT2D eigenvalue weighted by Gasteiger charge is -2.39. The lowest BCUT2D eigenvalue weighted by atomic mass is 9.99. The average Bonchev–Trinajstić information content (AvgIpc) is 3.38. The van der Waals surface area contributed by atoms with Crippen LogP contribution in [0.15, 0.2) is 97.2 Å². The van der Waals surface area contributed by atoms with Gasteiger partial charge in [0, 0.05) is 13.0 Å². The van der Waals surface area contributed by atoms with Crippen LogP contribution in [0.4, 0.5) is 0 Å². The summed E-state index contributed by atoms with van der Waals surface area (Å²) in [6.07, 6.45) is 67.5. The Hall–Kier alpha value is -2.89. The Labute approximate surface area is 441 Å². The van der Waals surface area contributed by atoms with Crippen LogP contribution in [0.3, 0.4) is 0 Å². The van der Waals surface area contributed by atoms with Crippen molar-refractivity contribution >= 4 is 5.97 Å². The number of allylic oxidation sites excluding steroid dienone is 16. The third kappa shape index (κ3) is 42.5. The van der Waals surface area contributed by atoms with Crippen molar-refractivity contribution in [1.82, 2.24) is 0 Å². The molecule has 1 saturated heterocycles. The summed E-state index contributed by atoms with van der Waals surface area (Å²) in [6.45, 7) is 4.35. The van der Waals surface area contributed by atoms with Crippen LogP contribution in [0.25, 0.3) is 0 Å². The maximum absolute atomic E-state index is 12.9. The van der Waals surface area contributed by atoms with Gasteiger partial charge >= 0.3 is 5.97 Å². The van der Waals surface area contributed by atoms with Crippen molar-refractivity contribution in [3.63, 3.8) is 0 Å². The Morgan fingerprint density at radius 3 is 1.29 bits per heavy atom. The van der Waals surface area contributed by atoms with Crippen molar-refractivity contribution < 1.29 is 44.2 Å². The van der Waals surface area contributed by atoms with Crippen molar-refractivity contribution in [2.45, 2.75) is 269 Å². The van der Waals surface area contributed by atoms with Gasteiger partial charge in [0.05, 0.1) is 19.8 Å². The van der Waals surface area contributed by atoms with Crippen LogP contribution in [0.2, 0.25) is 0 Å². The zero-order valence-corrected chi connectivity index (χ0v) is 45.9. The highest BCUT2D eigenvalue weighted by atomic mass is 16.7. The molecule has 1 rings (SSSR count). The molecule has 0 radical (unpaired) electrons. The molecule has 1 aliphatic heterocycles. The maximum Gasteiger partial charge on any atom is 0.306 e. The Morgan fingerprint density at radius 2 is 0.847 bits per heavy atom. The second-order valence-electron chi connectivity index (χ2n) is 19.7. The van der Waals surface area contributed by atoms with E-state index in [4.69, 9.17) is 18.9 Å². The quantitative estimate of drug-likeness (QED) is 0.0267. The van der Waals surface area contributed by atoms with Gasteiger partial charge in [-0.25, -0.2) is 0 Å². The minimum atomic E-state index is -1.55. The summed E-state index contributed by atoms with van der Waals surface area (Å²) in [5.41, 5.74) is 0. The van der Waals surface area contributed by atoms with E-state index in [9.17, 15) is 25.2 Å². The average molecular weight is 1010 g/mol. The monoisotopic (exact) mass is 1010 g/mol. The SMILES string of the molecule is CC/C=C\C/C=C\C/C=C\C/C=C\C/C=C\C/C=C\C/C=C\CCCCOCC(COC1OC(CO)C(O)C(O)C1O)OC(=O)CCCCCCCCCCCCCCC/C=C\CCCCCCCCCC. The van der Waals surface area contributed by atoms with E-state index in [0.717, 1.165) is 83.5 Å². The maximum atomic E-state index is 12.9. The van der Waals surface area contributed by atoms with Crippen molar-refractivity contribution in [2.75, 3.05) is 26.4 Å². The van der Waals surface area contributed by atoms with Gasteiger partial charge in [0.15, 0.2) is 6.29 Å². The van der Waals surface area contributed by atoms with E-state index >= 15 is 0 Å². The molecule has 4 N–H and O–H groups in total. The van der Waals surface area contributed by atoms with Crippen LogP contribution in [-0.4, -0.2) is 89.6 Å². The lowest BCUT2D eigenvalue weighted by molar-refractivity contribution is -0.305. The van der Waals surface area contributed by atoms with Crippen molar-refractivity contribution in [3.05, 3.63) is 97.2 Å². The molecule has 1 heterocycles. The molecule has 0 saturated carbocycles. The predicted molar refractivity (Wildman–Crippen MR) is 302 cm³/mol. The highest BCUT2D eigenvalue weighted by molar-refractivity contribution is 5.69. The molecule has 0 aliphatic carbocycles. The molecule has 0 bridgehead atoms. The molecule has 72 heavy (non-hydrogen) atoms. The molecular formula is C63H108O9. The van der Waals surface area contributed by atoms with E-state index < -0.39 is 43.4 Å². The first-order valence-corrected chi connectivity index (χ1v) is 29.3. The normalized spacial score (nSPS) is 19.4. The first-order chi connectivity index (χ1) is 35.4. The fourth-order valence-corrected chi connectivity index (χ4v) is 8.47. The predicted octanol–water partition coefficient (Wildman–Crippen LogP) is 15.5. The van der Waals surface area contributed by atoms with E-state index in [-0.39, 0.29) is 19.2 Å². The number of rotatable bonds is 50. The summed E-state index contributed by atoms with van der Waals surface area (Å²) in [5, 5.41) is 40.4. The van der Waals surface area contributed by atoms with Crippen molar-refractivity contribution in [1.29, 1.82) is 0 Å². The fourth-order valence-electron chi connectivity index (χ4n) is 8.47. The summed E-state index contributed by atoms with van der Waals surface area (Å²) >= 11 is 0. The van der Waals surface area contributed by atoms with Crippen LogP contribution < -0.4 is 0 Å². The van der Waals surface area contributed by atoms with E-state index in [0.29, 0.717) is 13.0 Å². The van der Waals surface area contributed by atoms with Gasteiger partial charge in [-0.15, -0.1) is 0 Å². The Kier molecular flexibility index (Phi) is 49.4. The lowest BCUT2D eigenvalue weighted by Crippen LogP contribution is -2.59. The van der Waals surface area contributed by atoms with Gasteiger partial charge in [-0.1, -0.05) is 227 Å². The van der Waals surface area contributed by atoms with E-state index in [1.807, 2.05) is 0 Å². The second-order valence-corrected chi connectivity index (χ2v) is 19.7. The summed E-state index contributed by atoms with van der Waals surface area (Å²) in [6, 6.07) is 0. The van der Waals surface area contributed by atoms with Crippen LogP contribution in [0, 0.1) is 0 Å². The van der Waals surface area contributed by atoms with Crippen LogP contribution in [0.5, 0.6) is 0 Å². The van der Waals surface area contributed by atoms with Crippen LogP contribution in [-0.2, 0) is 23.7 Å². The largest absolute Gasteiger partial charge is 0.457 e. The molecule has 0 amide bonds. The molecule has 0 aromatic rings. The minimum Gasteiger partial charge on any atom is -0.457 e. The molecule has 0 spiro atoms.